The minimum Gasteiger partial charge on any atom is -0.493 e. The van der Waals surface area contributed by atoms with E-state index in [0.29, 0.717) is 29.0 Å². The lowest BCUT2D eigenvalue weighted by molar-refractivity contribution is -0.118. The average Bonchev–Trinajstić information content (AvgIpc) is 3.30. The molecule has 1 amide bonds. The first-order valence-corrected chi connectivity index (χ1v) is 11.6. The van der Waals surface area contributed by atoms with Gasteiger partial charge < -0.3 is 14.8 Å². The summed E-state index contributed by atoms with van der Waals surface area (Å²) in [5, 5.41) is 12.4. The Morgan fingerprint density at radius 1 is 1.00 bits per heavy atom. The van der Waals surface area contributed by atoms with Gasteiger partial charge in [0.2, 0.25) is 5.91 Å². The molecule has 1 N–H and O–H groups in total. The quantitative estimate of drug-likeness (QED) is 0.365. The Hall–Kier alpha value is -3.85. The van der Waals surface area contributed by atoms with Crippen molar-refractivity contribution >= 4 is 17.7 Å². The Labute approximate surface area is 202 Å². The number of rotatable bonds is 9. The first-order valence-electron chi connectivity index (χ1n) is 10.6. The van der Waals surface area contributed by atoms with E-state index in [0.717, 1.165) is 22.4 Å². The lowest BCUT2D eigenvalue weighted by atomic mass is 10.2. The van der Waals surface area contributed by atoms with E-state index in [-0.39, 0.29) is 11.7 Å². The van der Waals surface area contributed by atoms with Gasteiger partial charge in [0.25, 0.3) is 0 Å². The predicted octanol–water partition coefficient (Wildman–Crippen LogP) is 4.06. The van der Waals surface area contributed by atoms with Gasteiger partial charge in [0.1, 0.15) is 0 Å². The fraction of sp³-hybridized carbons (Fsp3) is 0.200. The van der Waals surface area contributed by atoms with Gasteiger partial charge in [0.15, 0.2) is 22.5 Å². The summed E-state index contributed by atoms with van der Waals surface area (Å²) < 4.78 is 12.6. The van der Waals surface area contributed by atoms with Gasteiger partial charge in [-0.05, 0) is 48.4 Å². The van der Waals surface area contributed by atoms with Crippen molar-refractivity contribution in [2.75, 3.05) is 20.0 Å². The van der Waals surface area contributed by atoms with Crippen molar-refractivity contribution in [1.82, 2.24) is 25.1 Å². The van der Waals surface area contributed by atoms with Crippen LogP contribution in [0, 0.1) is 6.92 Å². The second kappa shape index (κ2) is 10.8. The molecule has 0 bridgehead atoms. The first kappa shape index (κ1) is 23.3. The van der Waals surface area contributed by atoms with E-state index in [1.54, 1.807) is 26.6 Å². The molecular formula is C25H25N5O3S. The maximum absolute atomic E-state index is 12.6. The number of hydrogen-bond donors (Lipinski definition) is 1. The molecule has 0 radical (unpaired) electrons. The number of hydrogen-bond acceptors (Lipinski definition) is 7. The van der Waals surface area contributed by atoms with Crippen LogP contribution in [-0.2, 0) is 11.3 Å². The van der Waals surface area contributed by atoms with Crippen molar-refractivity contribution in [3.8, 4) is 28.6 Å². The molecular weight excluding hydrogens is 450 g/mol. The van der Waals surface area contributed by atoms with E-state index >= 15 is 0 Å². The number of para-hydroxylation sites is 1. The molecule has 0 unspecified atom stereocenters. The summed E-state index contributed by atoms with van der Waals surface area (Å²) in [6.07, 6.45) is 3.45. The van der Waals surface area contributed by atoms with Crippen LogP contribution in [0.2, 0.25) is 0 Å². The number of methoxy groups -OCH3 is 2. The maximum Gasteiger partial charge on any atom is 0.230 e. The lowest BCUT2D eigenvalue weighted by Gasteiger charge is -2.13. The SMILES string of the molecule is COc1ccc(CNC(=O)CSc2nnc(-c3ccncc3)n2-c2ccccc2C)cc1OC. The molecule has 4 rings (SSSR count). The number of amides is 1. The number of ether oxygens (including phenoxy) is 2. The molecule has 174 valence electrons. The van der Waals surface area contributed by atoms with Crippen LogP contribution in [0.25, 0.3) is 17.1 Å². The van der Waals surface area contributed by atoms with Gasteiger partial charge in [-0.25, -0.2) is 0 Å². The highest BCUT2D eigenvalue weighted by atomic mass is 32.2. The summed E-state index contributed by atoms with van der Waals surface area (Å²) in [5.41, 5.74) is 3.86. The largest absolute Gasteiger partial charge is 0.493 e. The molecule has 2 aromatic carbocycles. The van der Waals surface area contributed by atoms with Crippen LogP contribution < -0.4 is 14.8 Å². The van der Waals surface area contributed by atoms with Gasteiger partial charge in [-0.15, -0.1) is 10.2 Å². The molecule has 0 aliphatic rings. The van der Waals surface area contributed by atoms with Crippen molar-refractivity contribution in [2.24, 2.45) is 0 Å². The Balaban J connectivity index is 1.49. The van der Waals surface area contributed by atoms with Crippen LogP contribution >= 0.6 is 11.8 Å². The van der Waals surface area contributed by atoms with Gasteiger partial charge in [-0.1, -0.05) is 36.0 Å². The minimum absolute atomic E-state index is 0.107. The van der Waals surface area contributed by atoms with Crippen molar-refractivity contribution in [2.45, 2.75) is 18.6 Å². The third kappa shape index (κ3) is 5.20. The molecule has 0 spiro atoms. The van der Waals surface area contributed by atoms with E-state index in [9.17, 15) is 4.79 Å². The molecule has 0 aliphatic heterocycles. The summed E-state index contributed by atoms with van der Waals surface area (Å²) in [6, 6.07) is 17.4. The molecule has 2 heterocycles. The maximum atomic E-state index is 12.6. The number of benzene rings is 2. The number of thioether (sulfide) groups is 1. The summed E-state index contributed by atoms with van der Waals surface area (Å²) in [6.45, 7) is 2.42. The molecule has 0 atom stereocenters. The van der Waals surface area contributed by atoms with Gasteiger partial charge in [0.05, 0.1) is 25.7 Å². The van der Waals surface area contributed by atoms with Gasteiger partial charge in [-0.2, -0.15) is 0 Å². The summed E-state index contributed by atoms with van der Waals surface area (Å²) in [5.74, 6) is 2.06. The molecule has 34 heavy (non-hydrogen) atoms. The number of nitrogens with one attached hydrogen (secondary N) is 1. The second-order valence-corrected chi connectivity index (χ2v) is 8.36. The second-order valence-electron chi connectivity index (χ2n) is 7.42. The monoisotopic (exact) mass is 475 g/mol. The summed E-state index contributed by atoms with van der Waals surface area (Å²) >= 11 is 1.34. The fourth-order valence-electron chi connectivity index (χ4n) is 3.46. The van der Waals surface area contributed by atoms with Gasteiger partial charge in [0, 0.05) is 24.5 Å². The van der Waals surface area contributed by atoms with E-state index in [4.69, 9.17) is 9.47 Å². The molecule has 8 nitrogen and oxygen atoms in total. The Morgan fingerprint density at radius 3 is 2.50 bits per heavy atom. The molecule has 0 fully saturated rings. The van der Waals surface area contributed by atoms with Crippen LogP contribution in [0.5, 0.6) is 11.5 Å². The van der Waals surface area contributed by atoms with Crippen LogP contribution in [0.15, 0.2) is 72.1 Å². The number of pyridine rings is 1. The van der Waals surface area contributed by atoms with Crippen LogP contribution in [-0.4, -0.2) is 45.6 Å². The normalized spacial score (nSPS) is 10.7. The van der Waals surface area contributed by atoms with E-state index in [1.807, 2.05) is 66.1 Å². The zero-order chi connectivity index (χ0) is 23.9. The first-order chi connectivity index (χ1) is 16.6. The summed E-state index contributed by atoms with van der Waals surface area (Å²) in [4.78, 5) is 16.7. The van der Waals surface area contributed by atoms with E-state index in [1.165, 1.54) is 11.8 Å². The standard InChI is InChI=1S/C25H25N5O3S/c1-17-6-4-5-7-20(17)30-24(19-10-12-26-13-11-19)28-29-25(30)34-16-23(31)27-15-18-8-9-21(32-2)22(14-18)33-3/h4-14H,15-16H2,1-3H3,(H,27,31). The predicted molar refractivity (Wildman–Crippen MR) is 131 cm³/mol. The molecule has 0 saturated heterocycles. The third-order valence-electron chi connectivity index (χ3n) is 5.20. The number of carbonyl (C=O) groups is 1. The van der Waals surface area contributed by atoms with Crippen LogP contribution in [0.1, 0.15) is 11.1 Å². The number of carbonyl (C=O) groups excluding carboxylic acids is 1. The topological polar surface area (TPSA) is 91.2 Å². The number of aryl methyl sites for hydroxylation is 1. The fourth-order valence-corrected chi connectivity index (χ4v) is 4.23. The molecule has 0 aliphatic carbocycles. The number of nitrogens with zero attached hydrogens (tertiary/aromatic N) is 4. The highest BCUT2D eigenvalue weighted by Gasteiger charge is 2.18. The van der Waals surface area contributed by atoms with Crippen molar-refractivity contribution in [3.63, 3.8) is 0 Å². The van der Waals surface area contributed by atoms with Crippen LogP contribution in [0.4, 0.5) is 0 Å². The Bertz CT molecular complexity index is 1280. The smallest absolute Gasteiger partial charge is 0.230 e. The summed E-state index contributed by atoms with van der Waals surface area (Å²) in [7, 11) is 3.17. The Morgan fingerprint density at radius 2 is 1.76 bits per heavy atom. The molecule has 2 aromatic heterocycles. The Kier molecular flexibility index (Phi) is 7.44. The molecule has 9 heteroatoms. The van der Waals surface area contributed by atoms with Crippen molar-refractivity contribution in [1.29, 1.82) is 0 Å². The zero-order valence-electron chi connectivity index (χ0n) is 19.2. The van der Waals surface area contributed by atoms with Crippen molar-refractivity contribution in [3.05, 3.63) is 78.1 Å². The lowest BCUT2D eigenvalue weighted by Crippen LogP contribution is -2.24. The minimum atomic E-state index is -0.107. The van der Waals surface area contributed by atoms with Gasteiger partial charge >= 0.3 is 0 Å². The van der Waals surface area contributed by atoms with Crippen molar-refractivity contribution < 1.29 is 14.3 Å². The van der Waals surface area contributed by atoms with Gasteiger partial charge in [-0.3, -0.25) is 14.3 Å². The molecule has 0 saturated carbocycles. The van der Waals surface area contributed by atoms with E-state index < -0.39 is 0 Å². The van der Waals surface area contributed by atoms with E-state index in [2.05, 4.69) is 20.5 Å². The highest BCUT2D eigenvalue weighted by Crippen LogP contribution is 2.29. The zero-order valence-corrected chi connectivity index (χ0v) is 20.0. The third-order valence-corrected chi connectivity index (χ3v) is 6.13. The highest BCUT2D eigenvalue weighted by molar-refractivity contribution is 7.99. The molecule has 4 aromatic rings. The van der Waals surface area contributed by atoms with Crippen LogP contribution in [0.3, 0.4) is 0 Å². The average molecular weight is 476 g/mol. The number of aromatic nitrogens is 4.